The molecule has 2 aromatic carbocycles. The van der Waals surface area contributed by atoms with E-state index in [1.54, 1.807) is 17.0 Å². The van der Waals surface area contributed by atoms with Crippen LogP contribution in [0.25, 0.3) is 10.2 Å². The van der Waals surface area contributed by atoms with Gasteiger partial charge < -0.3 is 9.64 Å². The average Bonchev–Trinajstić information content (AvgIpc) is 3.51. The molecule has 1 saturated heterocycles. The number of methoxy groups -OCH3 is 1. The molecule has 3 aromatic rings. The minimum atomic E-state index is -3.84. The molecule has 0 aliphatic carbocycles. The molecule has 1 amide bonds. The molecule has 0 radical (unpaired) electrons. The van der Waals surface area contributed by atoms with Gasteiger partial charge in [0.25, 0.3) is 0 Å². The minimum Gasteiger partial charge on any atom is -0.497 e. The summed E-state index contributed by atoms with van der Waals surface area (Å²) in [7, 11) is 1.60. The van der Waals surface area contributed by atoms with Crippen LogP contribution in [0.1, 0.15) is 25.3 Å². The van der Waals surface area contributed by atoms with Crippen molar-refractivity contribution in [2.24, 2.45) is 0 Å². The molecule has 188 valence electrons. The topological polar surface area (TPSA) is 83.0 Å². The lowest BCUT2D eigenvalue weighted by Crippen LogP contribution is -2.49. The lowest BCUT2D eigenvalue weighted by atomic mass is 10.1. The van der Waals surface area contributed by atoms with Crippen LogP contribution in [-0.2, 0) is 21.2 Å². The van der Waals surface area contributed by atoms with E-state index in [4.69, 9.17) is 9.72 Å². The third kappa shape index (κ3) is 5.20. The van der Waals surface area contributed by atoms with Gasteiger partial charge in [-0.1, -0.05) is 30.4 Å². The van der Waals surface area contributed by atoms with Crippen LogP contribution >= 0.6 is 11.3 Å². The second-order valence-corrected chi connectivity index (χ2v) is 11.8. The molecule has 2 heterocycles. The van der Waals surface area contributed by atoms with Crippen molar-refractivity contribution in [2.45, 2.75) is 37.1 Å². The van der Waals surface area contributed by atoms with Gasteiger partial charge in [0.05, 0.1) is 22.2 Å². The number of likely N-dealkylation sites (N-methyl/N-ethyl adjacent to an activating group) is 1. The van der Waals surface area contributed by atoms with Crippen LogP contribution in [0.3, 0.4) is 0 Å². The van der Waals surface area contributed by atoms with Crippen molar-refractivity contribution < 1.29 is 17.9 Å². The molecule has 1 aliphatic rings. The maximum Gasteiger partial charge on any atom is 0.247 e. The quantitative estimate of drug-likeness (QED) is 0.432. The summed E-state index contributed by atoms with van der Waals surface area (Å²) in [6.07, 6.45) is 1.97. The molecule has 1 fully saturated rings. The summed E-state index contributed by atoms with van der Waals surface area (Å²) >= 11 is 1.48. The molecule has 1 atom stereocenters. The van der Waals surface area contributed by atoms with Crippen LogP contribution in [0.5, 0.6) is 5.75 Å². The molecule has 1 unspecified atom stereocenters. The largest absolute Gasteiger partial charge is 0.497 e. The van der Waals surface area contributed by atoms with Crippen LogP contribution in [0.15, 0.2) is 47.4 Å². The number of hydrogen-bond acceptors (Lipinski definition) is 7. The summed E-state index contributed by atoms with van der Waals surface area (Å²) in [5.41, 5.74) is 2.04. The number of aromatic nitrogens is 1. The van der Waals surface area contributed by atoms with Gasteiger partial charge in [0.15, 0.2) is 5.13 Å². The van der Waals surface area contributed by atoms with Gasteiger partial charge in [-0.3, -0.25) is 9.69 Å². The highest BCUT2D eigenvalue weighted by Gasteiger charge is 2.42. The Kier molecular flexibility index (Phi) is 7.75. The third-order valence-corrected chi connectivity index (χ3v) is 9.26. The summed E-state index contributed by atoms with van der Waals surface area (Å²) in [5.74, 6) is 0.355. The summed E-state index contributed by atoms with van der Waals surface area (Å²) in [4.78, 5) is 22.6. The first-order valence-corrected chi connectivity index (χ1v) is 14.0. The Hall–Kier alpha value is -2.53. The fourth-order valence-corrected chi connectivity index (χ4v) is 7.03. The summed E-state index contributed by atoms with van der Waals surface area (Å²) in [6, 6.07) is 11.6. The first-order valence-electron chi connectivity index (χ1n) is 11.8. The molecule has 1 aliphatic heterocycles. The van der Waals surface area contributed by atoms with Crippen LogP contribution in [0, 0.1) is 0 Å². The number of amides is 1. The maximum atomic E-state index is 13.9. The monoisotopic (exact) mass is 516 g/mol. The fourth-order valence-electron chi connectivity index (χ4n) is 4.33. The van der Waals surface area contributed by atoms with E-state index in [1.165, 1.54) is 34.9 Å². The highest BCUT2D eigenvalue weighted by atomic mass is 32.2. The number of carbonyl (C=O) groups is 1. The Morgan fingerprint density at radius 1 is 1.17 bits per heavy atom. The lowest BCUT2D eigenvalue weighted by molar-refractivity contribution is -0.121. The Balaban J connectivity index is 1.68. The van der Waals surface area contributed by atoms with Crippen molar-refractivity contribution in [1.29, 1.82) is 0 Å². The van der Waals surface area contributed by atoms with Gasteiger partial charge in [-0.25, -0.2) is 13.4 Å². The van der Waals surface area contributed by atoms with Gasteiger partial charge in [0.2, 0.25) is 15.9 Å². The Morgan fingerprint density at radius 2 is 1.91 bits per heavy atom. The van der Waals surface area contributed by atoms with Gasteiger partial charge >= 0.3 is 0 Å². The normalized spacial score (nSPS) is 16.8. The van der Waals surface area contributed by atoms with E-state index in [0.717, 1.165) is 22.2 Å². The zero-order valence-corrected chi connectivity index (χ0v) is 22.2. The Bertz CT molecular complexity index is 1290. The van der Waals surface area contributed by atoms with Gasteiger partial charge in [-0.15, -0.1) is 0 Å². The summed E-state index contributed by atoms with van der Waals surface area (Å²) < 4.78 is 34.5. The Morgan fingerprint density at radius 3 is 2.57 bits per heavy atom. The smallest absolute Gasteiger partial charge is 0.247 e. The standard InChI is InChI=1S/C25H32N4O4S2/c1-5-18-8-6-10-22-23(18)26-25(34-22)28(17-16-27(2)3)24(30)21-9-7-15-29(21)35(31,32)20-13-11-19(33-4)12-14-20/h6,8,10-14,21H,5,7,9,15-17H2,1-4H3. The SMILES string of the molecule is CCc1cccc2sc(N(CCN(C)C)C(=O)C3CCCN3S(=O)(=O)c3ccc(OC)cc3)nc12. The number of anilines is 1. The number of para-hydroxylation sites is 1. The molecule has 10 heteroatoms. The number of benzene rings is 2. The van der Waals surface area contributed by atoms with E-state index in [-0.39, 0.29) is 10.8 Å². The first kappa shape index (κ1) is 25.6. The number of thiazole rings is 1. The second kappa shape index (κ2) is 10.6. The highest BCUT2D eigenvalue weighted by Crippen LogP contribution is 2.34. The predicted octanol–water partition coefficient (Wildman–Crippen LogP) is 3.62. The third-order valence-electron chi connectivity index (χ3n) is 6.29. The van der Waals surface area contributed by atoms with Crippen molar-refractivity contribution in [2.75, 3.05) is 45.7 Å². The Labute approximate surface area is 211 Å². The lowest BCUT2D eigenvalue weighted by Gasteiger charge is -2.29. The van der Waals surface area contributed by atoms with Crippen molar-refractivity contribution in [3.63, 3.8) is 0 Å². The van der Waals surface area contributed by atoms with Gasteiger partial charge in [-0.05, 0) is 69.3 Å². The van der Waals surface area contributed by atoms with E-state index in [2.05, 4.69) is 13.0 Å². The van der Waals surface area contributed by atoms with Crippen LogP contribution < -0.4 is 9.64 Å². The zero-order valence-electron chi connectivity index (χ0n) is 20.6. The maximum absolute atomic E-state index is 13.9. The number of nitrogens with zero attached hydrogens (tertiary/aromatic N) is 4. The number of ether oxygens (including phenoxy) is 1. The number of rotatable bonds is 9. The van der Waals surface area contributed by atoms with Crippen molar-refractivity contribution in [1.82, 2.24) is 14.2 Å². The van der Waals surface area contributed by atoms with Crippen LogP contribution in [-0.4, -0.2) is 75.4 Å². The van der Waals surface area contributed by atoms with E-state index in [1.807, 2.05) is 31.1 Å². The van der Waals surface area contributed by atoms with Crippen LogP contribution in [0.2, 0.25) is 0 Å². The van der Waals surface area contributed by atoms with Crippen molar-refractivity contribution in [3.05, 3.63) is 48.0 Å². The first-order chi connectivity index (χ1) is 16.8. The number of aryl methyl sites for hydroxylation is 1. The average molecular weight is 517 g/mol. The molecular formula is C25H32N4O4S2. The molecule has 35 heavy (non-hydrogen) atoms. The minimum absolute atomic E-state index is 0.158. The van der Waals surface area contributed by atoms with Crippen molar-refractivity contribution >= 4 is 42.6 Å². The molecule has 8 nitrogen and oxygen atoms in total. The molecular weight excluding hydrogens is 484 g/mol. The molecule has 0 bridgehead atoms. The van der Waals surface area contributed by atoms with E-state index < -0.39 is 16.1 Å². The van der Waals surface area contributed by atoms with Crippen molar-refractivity contribution in [3.8, 4) is 5.75 Å². The highest BCUT2D eigenvalue weighted by molar-refractivity contribution is 7.89. The summed E-state index contributed by atoms with van der Waals surface area (Å²) in [6.45, 7) is 3.47. The molecule has 0 spiro atoms. The predicted molar refractivity (Wildman–Crippen MR) is 140 cm³/mol. The van der Waals surface area contributed by atoms with E-state index in [0.29, 0.717) is 43.4 Å². The zero-order chi connectivity index (χ0) is 25.2. The second-order valence-electron chi connectivity index (χ2n) is 8.86. The van der Waals surface area contributed by atoms with Crippen LogP contribution in [0.4, 0.5) is 5.13 Å². The van der Waals surface area contributed by atoms with Gasteiger partial charge in [-0.2, -0.15) is 4.31 Å². The number of fused-ring (bicyclic) bond motifs is 1. The molecule has 4 rings (SSSR count). The number of sulfonamides is 1. The van der Waals surface area contributed by atoms with Gasteiger partial charge in [0, 0.05) is 19.6 Å². The molecule has 0 saturated carbocycles. The summed E-state index contributed by atoms with van der Waals surface area (Å²) in [5, 5.41) is 0.612. The van der Waals surface area contributed by atoms with Gasteiger partial charge in [0.1, 0.15) is 11.8 Å². The van der Waals surface area contributed by atoms with E-state index in [9.17, 15) is 13.2 Å². The molecule has 1 aromatic heterocycles. The number of carbonyl (C=O) groups excluding carboxylic acids is 1. The number of hydrogen-bond donors (Lipinski definition) is 0. The fraction of sp³-hybridized carbons (Fsp3) is 0.440. The van der Waals surface area contributed by atoms with E-state index >= 15 is 0 Å². The molecule has 0 N–H and O–H groups in total.